The maximum Gasteiger partial charge on any atom is 0.257 e. The minimum absolute atomic E-state index is 0.0178. The summed E-state index contributed by atoms with van der Waals surface area (Å²) in [6.07, 6.45) is 1.57. The number of amides is 2. The van der Waals surface area contributed by atoms with Crippen molar-refractivity contribution in [3.8, 4) is 17.2 Å². The summed E-state index contributed by atoms with van der Waals surface area (Å²) in [5, 5.41) is 2.97. The van der Waals surface area contributed by atoms with Gasteiger partial charge < -0.3 is 24.4 Å². The van der Waals surface area contributed by atoms with Crippen molar-refractivity contribution in [3.05, 3.63) is 16.7 Å². The summed E-state index contributed by atoms with van der Waals surface area (Å²) >= 11 is 0. The van der Waals surface area contributed by atoms with Gasteiger partial charge in [0.15, 0.2) is 11.5 Å². The van der Waals surface area contributed by atoms with Gasteiger partial charge in [0.05, 0.1) is 18.4 Å². The van der Waals surface area contributed by atoms with Crippen LogP contribution in [-0.4, -0.2) is 75.8 Å². The second-order valence-corrected chi connectivity index (χ2v) is 10.5. The smallest absolute Gasteiger partial charge is 0.257 e. The second-order valence-electron chi connectivity index (χ2n) is 8.20. The number of methoxy groups -OCH3 is 1. The zero-order chi connectivity index (χ0) is 23.0. The Morgan fingerprint density at radius 2 is 1.88 bits per heavy atom. The molecule has 1 fully saturated rings. The van der Waals surface area contributed by atoms with Crippen molar-refractivity contribution in [1.29, 1.82) is 0 Å². The Morgan fingerprint density at radius 1 is 1.19 bits per heavy atom. The monoisotopic (exact) mass is 467 g/mol. The van der Waals surface area contributed by atoms with Gasteiger partial charge in [-0.05, 0) is 31.7 Å². The van der Waals surface area contributed by atoms with Crippen LogP contribution in [0.25, 0.3) is 0 Å². The highest BCUT2D eigenvalue weighted by Gasteiger charge is 2.37. The number of carbonyl (C=O) groups is 2. The summed E-state index contributed by atoms with van der Waals surface area (Å²) in [5.74, 6) is 0.773. The first-order valence-corrected chi connectivity index (χ1v) is 12.4. The number of likely N-dealkylation sites (N-methyl/N-ethyl adjacent to an activating group) is 1. The van der Waals surface area contributed by atoms with Gasteiger partial charge >= 0.3 is 0 Å². The van der Waals surface area contributed by atoms with Gasteiger partial charge in [0.25, 0.3) is 5.91 Å². The maximum atomic E-state index is 12.9. The van der Waals surface area contributed by atoms with Crippen LogP contribution >= 0.6 is 0 Å². The number of piperidine rings is 1. The summed E-state index contributed by atoms with van der Waals surface area (Å²) in [5.41, 5.74) is 1.99. The van der Waals surface area contributed by atoms with Crippen LogP contribution in [0.4, 0.5) is 0 Å². The summed E-state index contributed by atoms with van der Waals surface area (Å²) in [6, 6.07) is 0. The molecule has 1 N–H and O–H groups in total. The Balaban J connectivity index is 1.53. The molecular weight excluding hydrogens is 438 g/mol. The molecule has 3 aliphatic heterocycles. The molecule has 2 amide bonds. The molecule has 0 bridgehead atoms. The van der Waals surface area contributed by atoms with Crippen LogP contribution in [0.5, 0.6) is 17.2 Å². The molecule has 1 saturated heterocycles. The number of sulfonamides is 1. The maximum absolute atomic E-state index is 12.9. The molecule has 0 atom stereocenters. The molecule has 0 spiro atoms. The lowest BCUT2D eigenvalue weighted by Gasteiger charge is -2.31. The number of hydrogen-bond donors (Lipinski definition) is 1. The Hall–Kier alpha value is -2.53. The van der Waals surface area contributed by atoms with Gasteiger partial charge in [0, 0.05) is 44.7 Å². The first-order chi connectivity index (χ1) is 15.3. The first kappa shape index (κ1) is 22.7. The molecule has 11 heteroatoms. The van der Waals surface area contributed by atoms with Crippen LogP contribution < -0.4 is 19.5 Å². The van der Waals surface area contributed by atoms with Crippen LogP contribution in [0, 0.1) is 5.92 Å². The molecule has 0 aromatic heterocycles. The van der Waals surface area contributed by atoms with Gasteiger partial charge in [-0.15, -0.1) is 0 Å². The second kappa shape index (κ2) is 8.78. The highest BCUT2D eigenvalue weighted by molar-refractivity contribution is 7.89. The fraction of sp³-hybridized carbons (Fsp3) is 0.619. The number of rotatable bonds is 6. The molecule has 3 aliphatic rings. The van der Waals surface area contributed by atoms with Gasteiger partial charge in [-0.3, -0.25) is 9.59 Å². The van der Waals surface area contributed by atoms with Crippen LogP contribution in [0.15, 0.2) is 0 Å². The molecule has 1 aromatic rings. The van der Waals surface area contributed by atoms with Crippen LogP contribution in [0.1, 0.15) is 41.3 Å². The first-order valence-electron chi connectivity index (χ1n) is 10.8. The van der Waals surface area contributed by atoms with E-state index in [1.54, 1.807) is 18.9 Å². The Labute approximate surface area is 187 Å². The van der Waals surface area contributed by atoms with Crippen molar-refractivity contribution < 1.29 is 32.2 Å². The van der Waals surface area contributed by atoms with Crippen molar-refractivity contribution in [2.75, 3.05) is 46.3 Å². The van der Waals surface area contributed by atoms with E-state index in [0.29, 0.717) is 61.7 Å². The molecule has 1 aromatic carbocycles. The fourth-order valence-electron chi connectivity index (χ4n) is 4.56. The lowest BCUT2D eigenvalue weighted by Crippen LogP contribution is -2.43. The Kier molecular flexibility index (Phi) is 6.22. The van der Waals surface area contributed by atoms with Crippen molar-refractivity contribution in [2.45, 2.75) is 32.7 Å². The van der Waals surface area contributed by atoms with Crippen molar-refractivity contribution in [3.63, 3.8) is 0 Å². The van der Waals surface area contributed by atoms with Crippen LogP contribution in [0.3, 0.4) is 0 Å². The van der Waals surface area contributed by atoms with Gasteiger partial charge in [0.2, 0.25) is 28.5 Å². The van der Waals surface area contributed by atoms with E-state index >= 15 is 0 Å². The molecule has 4 rings (SSSR count). The number of benzene rings is 1. The minimum Gasteiger partial charge on any atom is -0.492 e. The lowest BCUT2D eigenvalue weighted by atomic mass is 9.91. The normalized spacial score (nSPS) is 19.1. The van der Waals surface area contributed by atoms with E-state index in [4.69, 9.17) is 14.2 Å². The average molecular weight is 468 g/mol. The lowest BCUT2D eigenvalue weighted by molar-refractivity contribution is -0.126. The van der Waals surface area contributed by atoms with Gasteiger partial charge in [-0.1, -0.05) is 0 Å². The van der Waals surface area contributed by atoms with Crippen molar-refractivity contribution in [2.24, 2.45) is 5.92 Å². The Bertz CT molecular complexity index is 1030. The molecule has 0 aliphatic carbocycles. The highest BCUT2D eigenvalue weighted by atomic mass is 32.2. The van der Waals surface area contributed by atoms with Crippen LogP contribution in [-0.2, 0) is 27.8 Å². The number of nitrogens with one attached hydrogen (secondary N) is 1. The molecule has 3 heterocycles. The predicted molar refractivity (Wildman–Crippen MR) is 115 cm³/mol. The average Bonchev–Trinajstić information content (AvgIpc) is 3.28. The van der Waals surface area contributed by atoms with Crippen molar-refractivity contribution >= 4 is 21.8 Å². The van der Waals surface area contributed by atoms with Gasteiger partial charge in [-0.2, -0.15) is 0 Å². The van der Waals surface area contributed by atoms with E-state index in [1.165, 1.54) is 11.4 Å². The largest absolute Gasteiger partial charge is 0.492 e. The van der Waals surface area contributed by atoms with Gasteiger partial charge in [0.1, 0.15) is 0 Å². The third kappa shape index (κ3) is 3.88. The Morgan fingerprint density at radius 3 is 2.53 bits per heavy atom. The number of carbonyl (C=O) groups excluding carboxylic acids is 2. The van der Waals surface area contributed by atoms with Crippen molar-refractivity contribution in [1.82, 2.24) is 14.5 Å². The molecule has 0 unspecified atom stereocenters. The summed E-state index contributed by atoms with van der Waals surface area (Å²) < 4.78 is 42.3. The van der Waals surface area contributed by atoms with E-state index in [2.05, 4.69) is 5.32 Å². The van der Waals surface area contributed by atoms with E-state index in [1.807, 2.05) is 0 Å². The third-order valence-corrected chi connectivity index (χ3v) is 8.35. The van der Waals surface area contributed by atoms with E-state index in [9.17, 15) is 18.0 Å². The number of hydrogen-bond acceptors (Lipinski definition) is 7. The summed E-state index contributed by atoms with van der Waals surface area (Å²) in [7, 11) is -0.00567. The number of nitrogens with zero attached hydrogens (tertiary/aromatic N) is 2. The zero-order valence-corrected chi connectivity index (χ0v) is 19.4. The molecule has 10 nitrogen and oxygen atoms in total. The summed E-state index contributed by atoms with van der Waals surface area (Å²) in [6.45, 7) is 3.08. The number of ether oxygens (including phenoxy) is 3. The van der Waals surface area contributed by atoms with E-state index in [-0.39, 0.29) is 36.8 Å². The molecule has 32 heavy (non-hydrogen) atoms. The molecular formula is C21H29N3O7S. The van der Waals surface area contributed by atoms with E-state index < -0.39 is 10.0 Å². The number of fused-ring (bicyclic) bond motifs is 2. The SMILES string of the molecule is CCS(=O)(=O)N1CCC(C(=O)NCc2c3c(c(OC)c4c2OCO4)C(=O)N(C)CC3)CC1. The molecule has 0 radical (unpaired) electrons. The molecule has 0 saturated carbocycles. The predicted octanol–water partition coefficient (Wildman–Crippen LogP) is 0.730. The standard InChI is InChI=1S/C21H29N3O7S/c1-4-32(27,28)24-9-5-13(6-10-24)20(25)22-11-15-14-7-8-23(2)21(26)16(14)18(29-3)19-17(15)30-12-31-19/h13H,4-12H2,1-3H3,(H,22,25). The highest BCUT2D eigenvalue weighted by Crippen LogP contribution is 2.49. The van der Waals surface area contributed by atoms with E-state index in [0.717, 1.165) is 11.1 Å². The van der Waals surface area contributed by atoms with Crippen LogP contribution in [0.2, 0.25) is 0 Å². The third-order valence-electron chi connectivity index (χ3n) is 6.47. The molecule has 176 valence electrons. The quantitative estimate of drug-likeness (QED) is 0.656. The minimum atomic E-state index is -3.24. The fourth-order valence-corrected chi connectivity index (χ4v) is 5.70. The summed E-state index contributed by atoms with van der Waals surface area (Å²) in [4.78, 5) is 27.4. The van der Waals surface area contributed by atoms with Gasteiger partial charge in [-0.25, -0.2) is 12.7 Å². The zero-order valence-electron chi connectivity index (χ0n) is 18.6. The topological polar surface area (TPSA) is 114 Å².